The Kier molecular flexibility index (Phi) is 13.0. The maximum Gasteiger partial charge on any atom is 0.337 e. The molecule has 6 aromatic rings. The quantitative estimate of drug-likeness (QED) is 0.145. The highest BCUT2D eigenvalue weighted by Gasteiger charge is 2.33. The number of aromatic carboxylic acids is 1. The fourth-order valence-electron chi connectivity index (χ4n) is 9.86. The molecule has 0 saturated carbocycles. The van der Waals surface area contributed by atoms with E-state index < -0.39 is 11.9 Å². The molecule has 4 saturated heterocycles. The summed E-state index contributed by atoms with van der Waals surface area (Å²) >= 11 is 0. The summed E-state index contributed by atoms with van der Waals surface area (Å²) in [5, 5.41) is 10.3. The minimum Gasteiger partial charge on any atom is -0.478 e. The van der Waals surface area contributed by atoms with Crippen LogP contribution in [0.15, 0.2) is 103 Å². The number of esters is 1. The molecule has 67 heavy (non-hydrogen) atoms. The third-order valence-electron chi connectivity index (χ3n) is 13.0. The zero-order chi connectivity index (χ0) is 46.9. The SMILES string of the molecule is COC(=O)c1cc(C2CCCN2c2cccc(F)c2)c2oc(N3CCO[C@H](C)C3)cc(=O)c2c1.C[C@@H]1CN(c2cc(=O)c3cc(C(=O)O)cc(C4CCCN4c4cccc(F)c4)c3o2)CCO1. The number of rotatable bonds is 8. The second-order valence-electron chi connectivity index (χ2n) is 17.5. The summed E-state index contributed by atoms with van der Waals surface area (Å²) in [5.74, 6) is -1.36. The van der Waals surface area contributed by atoms with E-state index in [-0.39, 0.29) is 63.3 Å². The van der Waals surface area contributed by atoms with Crippen molar-refractivity contribution in [1.29, 1.82) is 0 Å². The van der Waals surface area contributed by atoms with Gasteiger partial charge in [0.25, 0.3) is 0 Å². The molecule has 0 aliphatic carbocycles. The number of benzene rings is 4. The highest BCUT2D eigenvalue weighted by Crippen LogP contribution is 2.42. The molecule has 4 atom stereocenters. The Morgan fingerprint density at radius 3 is 1.54 bits per heavy atom. The number of fused-ring (bicyclic) bond motifs is 2. The molecule has 2 unspecified atom stereocenters. The van der Waals surface area contributed by atoms with Crippen molar-refractivity contribution in [2.24, 2.45) is 0 Å². The van der Waals surface area contributed by atoms with E-state index in [0.29, 0.717) is 85.5 Å². The number of carbonyl (C=O) groups excluding carboxylic acids is 1. The Balaban J connectivity index is 0.000000168. The van der Waals surface area contributed by atoms with E-state index in [2.05, 4.69) is 4.90 Å². The first kappa shape index (κ1) is 45.4. The smallest absolute Gasteiger partial charge is 0.337 e. The minimum absolute atomic E-state index is 0.00639. The van der Waals surface area contributed by atoms with Gasteiger partial charge in [0.2, 0.25) is 0 Å². The summed E-state index contributed by atoms with van der Waals surface area (Å²) in [6.45, 7) is 8.86. The highest BCUT2D eigenvalue weighted by molar-refractivity contribution is 5.96. The summed E-state index contributed by atoms with van der Waals surface area (Å²) in [5.41, 5.74) is 3.46. The van der Waals surface area contributed by atoms with Gasteiger partial charge in [0.1, 0.15) is 22.8 Å². The maximum atomic E-state index is 14.0. The Labute approximate surface area is 384 Å². The molecule has 1 N–H and O–H groups in total. The van der Waals surface area contributed by atoms with Gasteiger partial charge in [0.15, 0.2) is 22.6 Å². The third-order valence-corrected chi connectivity index (χ3v) is 13.0. The number of carboxylic acids is 1. The average Bonchev–Trinajstić information content (AvgIpc) is 4.02. The summed E-state index contributed by atoms with van der Waals surface area (Å²) in [4.78, 5) is 58.7. The number of halogens is 2. The zero-order valence-electron chi connectivity index (χ0n) is 37.5. The van der Waals surface area contributed by atoms with Gasteiger partial charge in [-0.15, -0.1) is 0 Å². The van der Waals surface area contributed by atoms with E-state index in [1.54, 1.807) is 24.3 Å². The standard InChI is InChI=1S/C26H27FN2O5.C25H25FN2O5/c1-16-15-28(9-10-33-16)24-14-23(30)21-12-17(26(31)32-2)11-20(25(21)34-24)22-7-4-8-29(22)19-6-3-5-18(27)13-19;1-15-14-27(8-9-32-15)23-13-22(29)20-11-16(25(30)31)10-19(24(20)33-23)21-6-3-7-28(21)18-5-2-4-17(26)12-18/h3,5-6,11-14,16,22H,4,7-10,15H2,1-2H3;2,4-5,10-13,15,21H,3,6-9,14H2,1H3,(H,30,31)/t16-,22?;15-,21?/m11/s1. The van der Waals surface area contributed by atoms with Gasteiger partial charge >= 0.3 is 11.9 Å². The van der Waals surface area contributed by atoms with Gasteiger partial charge in [-0.05, 0) is 100 Å². The number of hydrogen-bond donors (Lipinski definition) is 1. The monoisotopic (exact) mass is 918 g/mol. The van der Waals surface area contributed by atoms with Crippen molar-refractivity contribution in [3.05, 3.63) is 139 Å². The van der Waals surface area contributed by atoms with Gasteiger partial charge < -0.3 is 47.8 Å². The van der Waals surface area contributed by atoms with Crippen LogP contribution in [-0.2, 0) is 14.2 Å². The molecule has 4 aromatic carbocycles. The molecule has 0 amide bonds. The lowest BCUT2D eigenvalue weighted by Gasteiger charge is -2.32. The van der Waals surface area contributed by atoms with Crippen LogP contribution in [0.2, 0.25) is 0 Å². The van der Waals surface area contributed by atoms with Crippen molar-refractivity contribution in [3.63, 3.8) is 0 Å². The van der Waals surface area contributed by atoms with Gasteiger partial charge in [-0.1, -0.05) is 12.1 Å². The summed E-state index contributed by atoms with van der Waals surface area (Å²) in [6.07, 6.45) is 3.28. The number of carbonyl (C=O) groups is 2. The second kappa shape index (κ2) is 19.2. The first-order valence-electron chi connectivity index (χ1n) is 22.7. The van der Waals surface area contributed by atoms with E-state index in [1.807, 2.05) is 40.7 Å². The van der Waals surface area contributed by atoms with Crippen LogP contribution >= 0.6 is 0 Å². The molecule has 4 aliphatic rings. The van der Waals surface area contributed by atoms with Crippen molar-refractivity contribution < 1.29 is 46.5 Å². The molecule has 2 aromatic heterocycles. The van der Waals surface area contributed by atoms with E-state index in [4.69, 9.17) is 23.0 Å². The maximum absolute atomic E-state index is 14.0. The van der Waals surface area contributed by atoms with E-state index in [9.17, 15) is 33.1 Å². The first-order valence-corrected chi connectivity index (χ1v) is 22.7. The van der Waals surface area contributed by atoms with Crippen molar-refractivity contribution in [2.75, 3.05) is 79.2 Å². The number of hydrogen-bond acceptors (Lipinski definition) is 13. The van der Waals surface area contributed by atoms with Gasteiger partial charge in [-0.25, -0.2) is 18.4 Å². The number of ether oxygens (including phenoxy) is 3. The van der Waals surface area contributed by atoms with Crippen LogP contribution in [0.5, 0.6) is 0 Å². The van der Waals surface area contributed by atoms with Crippen molar-refractivity contribution in [3.8, 4) is 0 Å². The molecule has 0 spiro atoms. The number of nitrogens with zero attached hydrogens (tertiary/aromatic N) is 4. The molecule has 14 nitrogen and oxygen atoms in total. The van der Waals surface area contributed by atoms with Gasteiger partial charge in [-0.3, -0.25) is 9.59 Å². The molecule has 4 aliphatic heterocycles. The Morgan fingerprint density at radius 2 is 1.10 bits per heavy atom. The van der Waals surface area contributed by atoms with Gasteiger partial charge in [-0.2, -0.15) is 0 Å². The van der Waals surface area contributed by atoms with Crippen LogP contribution in [0.4, 0.5) is 31.9 Å². The van der Waals surface area contributed by atoms with Crippen LogP contribution in [0.1, 0.15) is 83.5 Å². The molecule has 350 valence electrons. The molecule has 16 heteroatoms. The predicted molar refractivity (Wildman–Crippen MR) is 250 cm³/mol. The molecule has 10 rings (SSSR count). The second-order valence-corrected chi connectivity index (χ2v) is 17.5. The molecule has 0 radical (unpaired) electrons. The van der Waals surface area contributed by atoms with Crippen molar-refractivity contribution in [1.82, 2.24) is 0 Å². The molecule has 6 heterocycles. The highest BCUT2D eigenvalue weighted by atomic mass is 19.1. The lowest BCUT2D eigenvalue weighted by atomic mass is 9.98. The van der Waals surface area contributed by atoms with Gasteiger partial charge in [0, 0.05) is 73.9 Å². The lowest BCUT2D eigenvalue weighted by Crippen LogP contribution is -2.41. The van der Waals surface area contributed by atoms with Crippen LogP contribution in [0.25, 0.3) is 21.9 Å². The molecular weight excluding hydrogens is 867 g/mol. The fourth-order valence-corrected chi connectivity index (χ4v) is 9.86. The minimum atomic E-state index is -1.11. The molecule has 4 fully saturated rings. The average molecular weight is 919 g/mol. The number of morpholine rings is 2. The number of methoxy groups -OCH3 is 1. The summed E-state index contributed by atoms with van der Waals surface area (Å²) in [6, 6.07) is 21.5. The lowest BCUT2D eigenvalue weighted by molar-refractivity contribution is 0.0516. The van der Waals surface area contributed by atoms with Crippen LogP contribution in [0, 0.1) is 11.6 Å². The Hall–Kier alpha value is -6.78. The molecular formula is C51H52F2N4O10. The van der Waals surface area contributed by atoms with E-state index in [1.165, 1.54) is 55.6 Å². The number of carboxylic acid groups (broad SMARTS) is 1. The zero-order valence-corrected chi connectivity index (χ0v) is 37.5. The van der Waals surface area contributed by atoms with Crippen molar-refractivity contribution in [2.45, 2.75) is 63.8 Å². The normalized spacial score (nSPS) is 20.9. The number of anilines is 4. The first-order chi connectivity index (χ1) is 32.3. The van der Waals surface area contributed by atoms with Gasteiger partial charge in [0.05, 0.1) is 66.5 Å². The summed E-state index contributed by atoms with van der Waals surface area (Å²) in [7, 11) is 1.31. The topological polar surface area (TPSA) is 155 Å². The van der Waals surface area contributed by atoms with Crippen molar-refractivity contribution >= 4 is 57.0 Å². The van der Waals surface area contributed by atoms with E-state index >= 15 is 0 Å². The van der Waals surface area contributed by atoms with Crippen LogP contribution in [0.3, 0.4) is 0 Å². The molecule has 0 bridgehead atoms. The Bertz CT molecular complexity index is 2960. The van der Waals surface area contributed by atoms with Crippen LogP contribution < -0.4 is 30.5 Å². The predicted octanol–water partition coefficient (Wildman–Crippen LogP) is 8.48. The largest absolute Gasteiger partial charge is 0.478 e. The third kappa shape index (κ3) is 9.45. The fraction of sp³-hybridized carbons (Fsp3) is 0.373. The van der Waals surface area contributed by atoms with E-state index in [0.717, 1.165) is 43.5 Å². The Morgan fingerprint density at radius 1 is 0.642 bits per heavy atom. The summed E-state index contributed by atoms with van der Waals surface area (Å²) < 4.78 is 56.8. The van der Waals surface area contributed by atoms with Crippen LogP contribution in [-0.4, -0.2) is 88.8 Å².